The Labute approximate surface area is 166 Å². The first-order valence-corrected chi connectivity index (χ1v) is 9.45. The smallest absolute Gasteiger partial charge is 0.224 e. The van der Waals surface area contributed by atoms with Gasteiger partial charge < -0.3 is 5.32 Å². The highest BCUT2D eigenvalue weighted by Crippen LogP contribution is 2.36. The molecular formula is C20H18ClN5O2. The topological polar surface area (TPSA) is 89.8 Å². The van der Waals surface area contributed by atoms with Gasteiger partial charge in [0.15, 0.2) is 11.6 Å². The van der Waals surface area contributed by atoms with Crippen molar-refractivity contribution in [3.63, 3.8) is 0 Å². The SMILES string of the molecule is O=C(CCC(=O)c1ccc(Cl)cc1)Nc1cccc(-c2nnnn2C2CC2)c1. The molecule has 1 fully saturated rings. The second kappa shape index (κ2) is 7.90. The van der Waals surface area contributed by atoms with Crippen molar-refractivity contribution in [3.05, 3.63) is 59.1 Å². The summed E-state index contributed by atoms with van der Waals surface area (Å²) in [5.74, 6) is 0.377. The summed E-state index contributed by atoms with van der Waals surface area (Å²) in [5, 5.41) is 15.3. The molecule has 28 heavy (non-hydrogen) atoms. The van der Waals surface area contributed by atoms with Crippen molar-refractivity contribution in [2.75, 3.05) is 5.32 Å². The van der Waals surface area contributed by atoms with Crippen molar-refractivity contribution in [1.82, 2.24) is 20.2 Å². The number of carbonyl (C=O) groups is 2. The molecule has 1 heterocycles. The zero-order valence-corrected chi connectivity index (χ0v) is 15.8. The number of benzene rings is 2. The fourth-order valence-electron chi connectivity index (χ4n) is 2.92. The molecule has 2 aromatic carbocycles. The molecule has 0 bridgehead atoms. The van der Waals surface area contributed by atoms with E-state index in [0.717, 1.165) is 18.4 Å². The molecule has 3 aromatic rings. The maximum absolute atomic E-state index is 12.3. The number of carbonyl (C=O) groups excluding carboxylic acids is 2. The summed E-state index contributed by atoms with van der Waals surface area (Å²) in [7, 11) is 0. The lowest BCUT2D eigenvalue weighted by atomic mass is 10.1. The zero-order valence-electron chi connectivity index (χ0n) is 15.0. The maximum atomic E-state index is 12.3. The molecule has 1 amide bonds. The van der Waals surface area contributed by atoms with Gasteiger partial charge in [0.1, 0.15) is 0 Å². The molecule has 4 rings (SSSR count). The Kier molecular flexibility index (Phi) is 5.16. The van der Waals surface area contributed by atoms with Gasteiger partial charge in [0.25, 0.3) is 0 Å². The molecular weight excluding hydrogens is 378 g/mol. The molecule has 0 spiro atoms. The predicted octanol–water partition coefficient (Wildman–Crippen LogP) is 3.93. The highest BCUT2D eigenvalue weighted by molar-refractivity contribution is 6.30. The Morgan fingerprint density at radius 2 is 1.89 bits per heavy atom. The summed E-state index contributed by atoms with van der Waals surface area (Å²) < 4.78 is 1.83. The minimum Gasteiger partial charge on any atom is -0.326 e. The van der Waals surface area contributed by atoms with E-state index in [2.05, 4.69) is 20.8 Å². The van der Waals surface area contributed by atoms with Gasteiger partial charge in [0.2, 0.25) is 5.91 Å². The minimum absolute atomic E-state index is 0.0934. The zero-order chi connectivity index (χ0) is 19.5. The van der Waals surface area contributed by atoms with Crippen molar-refractivity contribution in [2.24, 2.45) is 0 Å². The van der Waals surface area contributed by atoms with Gasteiger partial charge in [-0.25, -0.2) is 4.68 Å². The number of amides is 1. The number of nitrogens with one attached hydrogen (secondary N) is 1. The van der Waals surface area contributed by atoms with E-state index in [0.29, 0.717) is 28.1 Å². The number of hydrogen-bond donors (Lipinski definition) is 1. The Hall–Kier alpha value is -3.06. The van der Waals surface area contributed by atoms with Gasteiger partial charge in [0.05, 0.1) is 6.04 Å². The van der Waals surface area contributed by atoms with E-state index < -0.39 is 0 Å². The highest BCUT2D eigenvalue weighted by atomic mass is 35.5. The molecule has 1 aliphatic carbocycles. The molecule has 142 valence electrons. The predicted molar refractivity (Wildman–Crippen MR) is 105 cm³/mol. The second-order valence-corrected chi connectivity index (χ2v) is 7.17. The first-order chi connectivity index (χ1) is 13.6. The molecule has 1 aliphatic rings. The molecule has 1 aromatic heterocycles. The number of halogens is 1. The van der Waals surface area contributed by atoms with E-state index in [4.69, 9.17) is 11.6 Å². The average Bonchev–Trinajstić information content (AvgIpc) is 3.43. The van der Waals surface area contributed by atoms with E-state index >= 15 is 0 Å². The summed E-state index contributed by atoms with van der Waals surface area (Å²) in [6.07, 6.45) is 2.39. The quantitative estimate of drug-likeness (QED) is 0.612. The van der Waals surface area contributed by atoms with Gasteiger partial charge in [-0.3, -0.25) is 9.59 Å². The molecule has 1 saturated carbocycles. The minimum atomic E-state index is -0.221. The van der Waals surface area contributed by atoms with Crippen LogP contribution in [-0.2, 0) is 4.79 Å². The molecule has 1 N–H and O–H groups in total. The summed E-state index contributed by atoms with van der Waals surface area (Å²) in [4.78, 5) is 24.4. The number of aromatic nitrogens is 4. The van der Waals surface area contributed by atoms with Crippen molar-refractivity contribution in [1.29, 1.82) is 0 Å². The van der Waals surface area contributed by atoms with Crippen LogP contribution in [0, 0.1) is 0 Å². The van der Waals surface area contributed by atoms with Gasteiger partial charge in [0, 0.05) is 34.7 Å². The Morgan fingerprint density at radius 3 is 2.64 bits per heavy atom. The van der Waals surface area contributed by atoms with E-state index in [1.54, 1.807) is 30.3 Å². The third-order valence-corrected chi connectivity index (χ3v) is 4.79. The van der Waals surface area contributed by atoms with E-state index in [9.17, 15) is 9.59 Å². The number of rotatable bonds is 7. The summed E-state index contributed by atoms with van der Waals surface area (Å²) in [6, 6.07) is 14.4. The van der Waals surface area contributed by atoms with Gasteiger partial charge in [-0.2, -0.15) is 0 Å². The van der Waals surface area contributed by atoms with Crippen molar-refractivity contribution in [3.8, 4) is 11.4 Å². The van der Waals surface area contributed by atoms with Crippen molar-refractivity contribution < 1.29 is 9.59 Å². The maximum Gasteiger partial charge on any atom is 0.224 e. The first kappa shape index (κ1) is 18.3. The molecule has 0 unspecified atom stereocenters. The van der Waals surface area contributed by atoms with Crippen LogP contribution in [0.25, 0.3) is 11.4 Å². The molecule has 0 aliphatic heterocycles. The van der Waals surface area contributed by atoms with Gasteiger partial charge >= 0.3 is 0 Å². The lowest BCUT2D eigenvalue weighted by Crippen LogP contribution is -2.13. The van der Waals surface area contributed by atoms with Crippen LogP contribution in [0.5, 0.6) is 0 Å². The number of tetrazole rings is 1. The third-order valence-electron chi connectivity index (χ3n) is 4.54. The summed E-state index contributed by atoms with van der Waals surface area (Å²) in [5.41, 5.74) is 2.03. The molecule has 7 nitrogen and oxygen atoms in total. The number of Topliss-reactive ketones (excluding diaryl/α,β-unsaturated/α-hetero) is 1. The van der Waals surface area contributed by atoms with Crippen LogP contribution in [0.1, 0.15) is 42.1 Å². The fraction of sp³-hybridized carbons (Fsp3) is 0.250. The Morgan fingerprint density at radius 1 is 1.11 bits per heavy atom. The van der Waals surface area contributed by atoms with Crippen LogP contribution in [-0.4, -0.2) is 31.9 Å². The van der Waals surface area contributed by atoms with Crippen LogP contribution < -0.4 is 5.32 Å². The van der Waals surface area contributed by atoms with E-state index in [-0.39, 0.29) is 24.5 Å². The summed E-state index contributed by atoms with van der Waals surface area (Å²) >= 11 is 5.83. The van der Waals surface area contributed by atoms with Crippen LogP contribution >= 0.6 is 11.6 Å². The normalized spacial score (nSPS) is 13.3. The van der Waals surface area contributed by atoms with E-state index in [1.807, 2.05) is 22.9 Å². The lowest BCUT2D eigenvalue weighted by Gasteiger charge is -2.08. The number of nitrogens with zero attached hydrogens (tertiary/aromatic N) is 4. The van der Waals surface area contributed by atoms with Crippen molar-refractivity contribution in [2.45, 2.75) is 31.7 Å². The van der Waals surface area contributed by atoms with Gasteiger partial charge in [-0.1, -0.05) is 23.7 Å². The van der Waals surface area contributed by atoms with Gasteiger partial charge in [-0.05, 0) is 59.7 Å². The number of hydrogen-bond acceptors (Lipinski definition) is 5. The summed E-state index contributed by atoms with van der Waals surface area (Å²) in [6.45, 7) is 0. The first-order valence-electron chi connectivity index (χ1n) is 9.07. The van der Waals surface area contributed by atoms with E-state index in [1.165, 1.54) is 0 Å². The van der Waals surface area contributed by atoms with Crippen molar-refractivity contribution >= 4 is 29.0 Å². The fourth-order valence-corrected chi connectivity index (χ4v) is 3.04. The molecule has 0 atom stereocenters. The number of ketones is 1. The van der Waals surface area contributed by atoms with Crippen LogP contribution in [0.2, 0.25) is 5.02 Å². The largest absolute Gasteiger partial charge is 0.326 e. The standard InChI is InChI=1S/C20H18ClN5O2/c21-15-6-4-13(5-7-15)18(27)10-11-19(28)22-16-3-1-2-14(12-16)20-23-24-25-26(20)17-8-9-17/h1-7,12,17H,8-11H2,(H,22,28). The average molecular weight is 396 g/mol. The molecule has 0 saturated heterocycles. The number of anilines is 1. The third kappa shape index (κ3) is 4.26. The van der Waals surface area contributed by atoms with Crippen LogP contribution in [0.4, 0.5) is 5.69 Å². The Balaban J connectivity index is 1.37. The van der Waals surface area contributed by atoms with Crippen LogP contribution in [0.3, 0.4) is 0 Å². The monoisotopic (exact) mass is 395 g/mol. The van der Waals surface area contributed by atoms with Gasteiger partial charge in [-0.15, -0.1) is 5.10 Å². The Bertz CT molecular complexity index is 1010. The molecule has 0 radical (unpaired) electrons. The second-order valence-electron chi connectivity index (χ2n) is 6.74. The lowest BCUT2D eigenvalue weighted by molar-refractivity contribution is -0.116. The highest BCUT2D eigenvalue weighted by Gasteiger charge is 2.28. The molecule has 8 heteroatoms. The van der Waals surface area contributed by atoms with Crippen LogP contribution in [0.15, 0.2) is 48.5 Å².